The number of hydrogen-bond donors (Lipinski definition) is 1. The van der Waals surface area contributed by atoms with E-state index in [9.17, 15) is 5.26 Å². The van der Waals surface area contributed by atoms with Crippen molar-refractivity contribution in [2.75, 3.05) is 5.32 Å². The number of aryl methyl sites for hydroxylation is 1. The standard InChI is InChI=1S/C46H38N2O2/c1-27-11-5-10-16-40(27)48-45-28(2)49-42-25-31(19-22-41(42)50-45)44-36-14-8-6-12-34(36)43(35-13-7-9-15-37(35)44)30-18-21-33-32-20-17-29(26-47)23-38(32)46(3,4)39(33)24-30/h5-6,8-12,14-25,28,45,48H,7,13H2,1-4H3/t28-,45?/m1/s1. The second kappa shape index (κ2) is 11.4. The van der Waals surface area contributed by atoms with Crippen molar-refractivity contribution in [1.82, 2.24) is 0 Å². The summed E-state index contributed by atoms with van der Waals surface area (Å²) in [5.41, 5.74) is 15.3. The summed E-state index contributed by atoms with van der Waals surface area (Å²) in [4.78, 5) is 0. The molecule has 1 heterocycles. The molecule has 4 nitrogen and oxygen atoms in total. The average molecular weight is 651 g/mol. The number of nitriles is 1. The molecule has 1 unspecified atom stereocenters. The molecule has 0 aromatic heterocycles. The summed E-state index contributed by atoms with van der Waals surface area (Å²) >= 11 is 0. The average Bonchev–Trinajstić information content (AvgIpc) is 3.36. The molecule has 2 atom stereocenters. The lowest BCUT2D eigenvalue weighted by Crippen LogP contribution is -2.43. The number of nitrogens with zero attached hydrogens (tertiary/aromatic N) is 1. The van der Waals surface area contributed by atoms with E-state index in [0.29, 0.717) is 5.56 Å². The molecular weight excluding hydrogens is 613 g/mol. The number of fused-ring (bicyclic) bond motifs is 6. The van der Waals surface area contributed by atoms with Crippen LogP contribution in [0.15, 0.2) is 109 Å². The molecule has 0 spiro atoms. The topological polar surface area (TPSA) is 54.3 Å². The highest BCUT2D eigenvalue weighted by molar-refractivity contribution is 6.10. The molecule has 9 rings (SSSR count). The van der Waals surface area contributed by atoms with Crippen molar-refractivity contribution in [2.45, 2.75) is 58.3 Å². The van der Waals surface area contributed by atoms with Gasteiger partial charge in [0.2, 0.25) is 6.23 Å². The third kappa shape index (κ3) is 4.65. The Labute approximate surface area is 293 Å². The highest BCUT2D eigenvalue weighted by Crippen LogP contribution is 2.52. The van der Waals surface area contributed by atoms with Gasteiger partial charge in [-0.15, -0.1) is 0 Å². The molecule has 244 valence electrons. The van der Waals surface area contributed by atoms with Gasteiger partial charge in [0.15, 0.2) is 17.6 Å². The van der Waals surface area contributed by atoms with E-state index in [1.807, 2.05) is 18.2 Å². The number of hydrogen-bond acceptors (Lipinski definition) is 4. The van der Waals surface area contributed by atoms with E-state index < -0.39 is 0 Å². The summed E-state index contributed by atoms with van der Waals surface area (Å²) < 4.78 is 13.0. The van der Waals surface area contributed by atoms with Crippen LogP contribution in [0.2, 0.25) is 0 Å². The largest absolute Gasteiger partial charge is 0.481 e. The van der Waals surface area contributed by atoms with Crippen molar-refractivity contribution < 1.29 is 9.47 Å². The Kier molecular flexibility index (Phi) is 6.90. The third-order valence-corrected chi connectivity index (χ3v) is 11.0. The van der Waals surface area contributed by atoms with Crippen LogP contribution in [0.5, 0.6) is 11.5 Å². The number of rotatable bonds is 4. The monoisotopic (exact) mass is 650 g/mol. The van der Waals surface area contributed by atoms with E-state index in [4.69, 9.17) is 9.47 Å². The van der Waals surface area contributed by atoms with Gasteiger partial charge >= 0.3 is 0 Å². The summed E-state index contributed by atoms with van der Waals surface area (Å²) in [7, 11) is 0. The normalized spacial score (nSPS) is 17.8. The van der Waals surface area contributed by atoms with Crippen molar-refractivity contribution in [3.63, 3.8) is 0 Å². The van der Waals surface area contributed by atoms with Crippen molar-refractivity contribution in [1.29, 1.82) is 5.26 Å². The summed E-state index contributed by atoms with van der Waals surface area (Å²) in [6, 6.07) is 38.9. The minimum absolute atomic E-state index is 0.188. The van der Waals surface area contributed by atoms with Gasteiger partial charge in [-0.25, -0.2) is 0 Å². The Morgan fingerprint density at radius 1 is 0.760 bits per heavy atom. The van der Waals surface area contributed by atoms with E-state index in [2.05, 4.69) is 136 Å². The summed E-state index contributed by atoms with van der Waals surface area (Å²) in [6.45, 7) is 8.72. The minimum atomic E-state index is -0.302. The van der Waals surface area contributed by atoms with Gasteiger partial charge in [0, 0.05) is 11.1 Å². The smallest absolute Gasteiger partial charge is 0.207 e. The Bertz CT molecular complexity index is 2450. The van der Waals surface area contributed by atoms with Crippen LogP contribution in [-0.2, 0) is 11.8 Å². The molecule has 6 aromatic rings. The first-order chi connectivity index (χ1) is 24.3. The van der Waals surface area contributed by atoms with Gasteiger partial charge in [-0.3, -0.25) is 0 Å². The van der Waals surface area contributed by atoms with Crippen molar-refractivity contribution in [3.05, 3.63) is 143 Å². The third-order valence-electron chi connectivity index (χ3n) is 11.0. The Morgan fingerprint density at radius 2 is 1.46 bits per heavy atom. The van der Waals surface area contributed by atoms with Crippen molar-refractivity contribution in [3.8, 4) is 50.9 Å². The quantitative estimate of drug-likeness (QED) is 0.206. The van der Waals surface area contributed by atoms with Crippen molar-refractivity contribution in [2.24, 2.45) is 0 Å². The number of anilines is 1. The zero-order valence-electron chi connectivity index (χ0n) is 28.8. The van der Waals surface area contributed by atoms with Gasteiger partial charge < -0.3 is 14.8 Å². The van der Waals surface area contributed by atoms with Crippen LogP contribution in [0, 0.1) is 18.3 Å². The second-order valence-electron chi connectivity index (χ2n) is 14.4. The molecular formula is C46H38N2O2. The van der Waals surface area contributed by atoms with E-state index in [0.717, 1.165) is 35.6 Å². The number of para-hydroxylation sites is 1. The number of allylic oxidation sites excluding steroid dienone is 1. The molecule has 3 aliphatic rings. The lowest BCUT2D eigenvalue weighted by Gasteiger charge is -2.33. The molecule has 0 radical (unpaired) electrons. The van der Waals surface area contributed by atoms with Gasteiger partial charge in [-0.1, -0.05) is 92.7 Å². The fourth-order valence-electron chi connectivity index (χ4n) is 8.37. The maximum absolute atomic E-state index is 9.63. The molecule has 50 heavy (non-hydrogen) atoms. The Morgan fingerprint density at radius 3 is 2.26 bits per heavy atom. The van der Waals surface area contributed by atoms with Gasteiger partial charge in [0.1, 0.15) is 0 Å². The molecule has 0 saturated carbocycles. The first-order valence-corrected chi connectivity index (χ1v) is 17.6. The molecule has 0 fully saturated rings. The molecule has 4 heteroatoms. The van der Waals surface area contributed by atoms with Crippen LogP contribution in [-0.4, -0.2) is 12.3 Å². The Balaban J connectivity index is 1.16. The number of nitrogens with one attached hydrogen (secondary N) is 1. The lowest BCUT2D eigenvalue weighted by molar-refractivity contribution is 0.0484. The maximum atomic E-state index is 9.63. The summed E-state index contributed by atoms with van der Waals surface area (Å²) in [6.07, 6.45) is 6.11. The van der Waals surface area contributed by atoms with Crippen LogP contribution < -0.4 is 14.8 Å². The molecule has 1 aliphatic heterocycles. The predicted molar refractivity (Wildman–Crippen MR) is 204 cm³/mol. The van der Waals surface area contributed by atoms with E-state index in [-0.39, 0.29) is 17.7 Å². The lowest BCUT2D eigenvalue weighted by atomic mass is 9.78. The SMILES string of the molecule is Cc1ccccc1NC1Oc2ccc(-c3c4c(c(-c5ccc6c(c5)C(C)(C)c5cc(C#N)ccc5-6)c5ccccc35)CCC=C4)cc2O[C@@H]1C. The number of benzene rings is 6. The fourth-order valence-corrected chi connectivity index (χ4v) is 8.37. The van der Waals surface area contributed by atoms with Gasteiger partial charge in [0.25, 0.3) is 0 Å². The zero-order chi connectivity index (χ0) is 34.1. The van der Waals surface area contributed by atoms with E-state index >= 15 is 0 Å². The van der Waals surface area contributed by atoms with Crippen LogP contribution in [0.3, 0.4) is 0 Å². The van der Waals surface area contributed by atoms with Gasteiger partial charge in [0.05, 0.1) is 11.6 Å². The molecule has 2 aliphatic carbocycles. The van der Waals surface area contributed by atoms with Crippen LogP contribution >= 0.6 is 0 Å². The first kappa shape index (κ1) is 30.3. The van der Waals surface area contributed by atoms with E-state index in [1.54, 1.807) is 0 Å². The fraction of sp³-hybridized carbons (Fsp3) is 0.196. The molecule has 6 aromatic carbocycles. The maximum Gasteiger partial charge on any atom is 0.207 e. The van der Waals surface area contributed by atoms with Crippen LogP contribution in [0.25, 0.3) is 50.2 Å². The second-order valence-corrected chi connectivity index (χ2v) is 14.4. The Hall–Kier alpha value is -5.79. The molecule has 1 N–H and O–H groups in total. The highest BCUT2D eigenvalue weighted by Gasteiger charge is 2.36. The molecule has 0 saturated heterocycles. The first-order valence-electron chi connectivity index (χ1n) is 17.6. The summed E-state index contributed by atoms with van der Waals surface area (Å²) in [5.74, 6) is 1.51. The molecule has 0 bridgehead atoms. The van der Waals surface area contributed by atoms with Crippen molar-refractivity contribution >= 4 is 22.5 Å². The zero-order valence-corrected chi connectivity index (χ0v) is 28.8. The van der Waals surface area contributed by atoms with E-state index in [1.165, 1.54) is 66.4 Å². The van der Waals surface area contributed by atoms with Gasteiger partial charge in [-0.2, -0.15) is 5.26 Å². The number of ether oxygens (including phenoxy) is 2. The summed E-state index contributed by atoms with van der Waals surface area (Å²) in [5, 5.41) is 15.6. The highest BCUT2D eigenvalue weighted by atomic mass is 16.6. The molecule has 0 amide bonds. The van der Waals surface area contributed by atoms with Crippen LogP contribution in [0.4, 0.5) is 5.69 Å². The van der Waals surface area contributed by atoms with Gasteiger partial charge in [-0.05, 0) is 135 Å². The minimum Gasteiger partial charge on any atom is -0.481 e. The van der Waals surface area contributed by atoms with Crippen LogP contribution in [0.1, 0.15) is 60.6 Å². The predicted octanol–water partition coefficient (Wildman–Crippen LogP) is 11.2.